The first-order chi connectivity index (χ1) is 12.6. The molecule has 136 valence electrons. The molecule has 8 heteroatoms. The Hall–Kier alpha value is -2.32. The number of aromatic nitrogens is 2. The van der Waals surface area contributed by atoms with Crippen LogP contribution in [0.2, 0.25) is 0 Å². The molecule has 1 saturated heterocycles. The third-order valence-corrected chi connectivity index (χ3v) is 5.47. The van der Waals surface area contributed by atoms with Gasteiger partial charge in [-0.15, -0.1) is 11.3 Å². The van der Waals surface area contributed by atoms with Gasteiger partial charge in [0.1, 0.15) is 11.6 Å². The van der Waals surface area contributed by atoms with E-state index in [0.717, 1.165) is 23.4 Å². The van der Waals surface area contributed by atoms with Crippen molar-refractivity contribution in [2.75, 3.05) is 13.7 Å². The van der Waals surface area contributed by atoms with Crippen molar-refractivity contribution in [2.45, 2.75) is 37.6 Å². The number of hydrogen-bond acceptors (Lipinski definition) is 6. The van der Waals surface area contributed by atoms with Gasteiger partial charge in [-0.1, -0.05) is 6.07 Å². The normalized spacial score (nSPS) is 23.1. The lowest BCUT2D eigenvalue weighted by Gasteiger charge is -2.41. The minimum Gasteiger partial charge on any atom is -0.356 e. The molecule has 2 aromatic rings. The first-order valence-corrected chi connectivity index (χ1v) is 9.49. The molecule has 1 saturated carbocycles. The van der Waals surface area contributed by atoms with E-state index in [9.17, 15) is 9.59 Å². The fraction of sp³-hybridized carbons (Fsp3) is 0.444. The highest BCUT2D eigenvalue weighted by Crippen LogP contribution is 2.39. The van der Waals surface area contributed by atoms with Crippen LogP contribution in [0, 0.1) is 0 Å². The van der Waals surface area contributed by atoms with Crippen molar-refractivity contribution in [2.24, 2.45) is 0 Å². The summed E-state index contributed by atoms with van der Waals surface area (Å²) in [5.74, 6) is -0.208. The number of amides is 2. The molecule has 0 spiro atoms. The van der Waals surface area contributed by atoms with Gasteiger partial charge in [0, 0.05) is 37.1 Å². The van der Waals surface area contributed by atoms with Crippen molar-refractivity contribution >= 4 is 23.2 Å². The van der Waals surface area contributed by atoms with Crippen molar-refractivity contribution in [1.82, 2.24) is 19.8 Å². The third kappa shape index (κ3) is 3.34. The molecule has 0 N–H and O–H groups in total. The Kier molecular flexibility index (Phi) is 4.69. The molecule has 3 heterocycles. The number of carbonyl (C=O) groups excluding carboxylic acids is 2. The number of nitrogens with zero attached hydrogens (tertiary/aromatic N) is 4. The first kappa shape index (κ1) is 17.1. The average molecular weight is 372 g/mol. The predicted molar refractivity (Wildman–Crippen MR) is 95.2 cm³/mol. The summed E-state index contributed by atoms with van der Waals surface area (Å²) in [6.45, 7) is 0.363. The topological polar surface area (TPSA) is 75.6 Å². The number of likely N-dealkylation sites (N-methyl/N-ethyl adjacent to an activating group) is 1. The number of rotatable bonds is 5. The summed E-state index contributed by atoms with van der Waals surface area (Å²) in [7, 11) is 1.74. The first-order valence-electron chi connectivity index (χ1n) is 8.61. The molecule has 26 heavy (non-hydrogen) atoms. The Bertz CT molecular complexity index is 779. The average Bonchev–Trinajstić information content (AvgIpc) is 3.37. The number of pyridine rings is 1. The van der Waals surface area contributed by atoms with Crippen LogP contribution in [0.15, 0.2) is 36.1 Å². The fourth-order valence-corrected chi connectivity index (χ4v) is 4.00. The van der Waals surface area contributed by atoms with E-state index >= 15 is 0 Å². The van der Waals surface area contributed by atoms with E-state index in [0.29, 0.717) is 6.54 Å². The second kappa shape index (κ2) is 7.13. The second-order valence-electron chi connectivity index (χ2n) is 6.62. The molecule has 0 radical (unpaired) electrons. The van der Waals surface area contributed by atoms with E-state index in [4.69, 9.17) is 4.74 Å². The lowest BCUT2D eigenvalue weighted by atomic mass is 9.98. The fourth-order valence-electron chi connectivity index (χ4n) is 3.33. The van der Waals surface area contributed by atoms with Crippen LogP contribution in [0.3, 0.4) is 0 Å². The van der Waals surface area contributed by atoms with E-state index in [1.807, 2.05) is 22.4 Å². The van der Waals surface area contributed by atoms with Crippen LogP contribution in [-0.2, 0) is 20.9 Å². The van der Waals surface area contributed by atoms with Crippen molar-refractivity contribution in [3.63, 3.8) is 0 Å². The molecule has 4 rings (SSSR count). The number of hydrogen-bond donors (Lipinski definition) is 0. The highest BCUT2D eigenvalue weighted by atomic mass is 32.1. The van der Waals surface area contributed by atoms with Crippen LogP contribution in [0.25, 0.3) is 0 Å². The van der Waals surface area contributed by atoms with E-state index in [1.54, 1.807) is 30.5 Å². The molecule has 2 atom stereocenters. The molecular formula is C18H20N4O3S. The lowest BCUT2D eigenvalue weighted by molar-refractivity contribution is -0.170. The van der Waals surface area contributed by atoms with Crippen molar-refractivity contribution in [3.05, 3.63) is 46.7 Å². The number of thiazole rings is 1. The largest absolute Gasteiger partial charge is 0.356 e. The van der Waals surface area contributed by atoms with Gasteiger partial charge in [-0.25, -0.2) is 4.98 Å². The van der Waals surface area contributed by atoms with Gasteiger partial charge in [0.15, 0.2) is 6.10 Å². The summed E-state index contributed by atoms with van der Waals surface area (Å²) < 4.78 is 5.74. The Morgan fingerprint density at radius 3 is 2.92 bits per heavy atom. The van der Waals surface area contributed by atoms with Crippen molar-refractivity contribution in [3.8, 4) is 0 Å². The SMILES string of the molecule is CN(Cc1nccs1)C(=O)[C@H]1OCC(=O)N(C2CC2)[C@@H]1c1cccnc1. The maximum absolute atomic E-state index is 13.1. The summed E-state index contributed by atoms with van der Waals surface area (Å²) >= 11 is 1.51. The van der Waals surface area contributed by atoms with Gasteiger partial charge in [0.05, 0.1) is 12.6 Å². The summed E-state index contributed by atoms with van der Waals surface area (Å²) in [6.07, 6.45) is 6.32. The van der Waals surface area contributed by atoms with E-state index < -0.39 is 12.1 Å². The maximum Gasteiger partial charge on any atom is 0.254 e. The smallest absolute Gasteiger partial charge is 0.254 e. The predicted octanol–water partition coefficient (Wildman–Crippen LogP) is 1.63. The summed E-state index contributed by atoms with van der Waals surface area (Å²) in [5.41, 5.74) is 0.827. The van der Waals surface area contributed by atoms with Crippen LogP contribution >= 0.6 is 11.3 Å². The molecule has 2 aromatic heterocycles. The van der Waals surface area contributed by atoms with Gasteiger partial charge in [0.2, 0.25) is 5.91 Å². The summed E-state index contributed by atoms with van der Waals surface area (Å²) in [5, 5.41) is 2.75. The second-order valence-corrected chi connectivity index (χ2v) is 7.59. The Labute approximate surface area is 155 Å². The molecule has 0 unspecified atom stereocenters. The molecule has 2 amide bonds. The monoisotopic (exact) mass is 372 g/mol. The number of ether oxygens (including phenoxy) is 1. The molecule has 0 bridgehead atoms. The lowest BCUT2D eigenvalue weighted by Crippen LogP contribution is -2.55. The van der Waals surface area contributed by atoms with Crippen molar-refractivity contribution in [1.29, 1.82) is 0 Å². The molecule has 2 fully saturated rings. The molecule has 1 aliphatic carbocycles. The van der Waals surface area contributed by atoms with Gasteiger partial charge >= 0.3 is 0 Å². The minimum absolute atomic E-state index is 0.0608. The zero-order valence-corrected chi connectivity index (χ0v) is 15.3. The van der Waals surface area contributed by atoms with Gasteiger partial charge in [-0.2, -0.15) is 0 Å². The zero-order chi connectivity index (χ0) is 18.1. The van der Waals surface area contributed by atoms with Crippen LogP contribution in [0.1, 0.15) is 29.5 Å². The quantitative estimate of drug-likeness (QED) is 0.797. The molecule has 7 nitrogen and oxygen atoms in total. The van der Waals surface area contributed by atoms with Gasteiger partial charge in [-0.3, -0.25) is 14.6 Å². The highest BCUT2D eigenvalue weighted by molar-refractivity contribution is 7.09. The Balaban J connectivity index is 1.61. The number of carbonyl (C=O) groups is 2. The van der Waals surface area contributed by atoms with Gasteiger partial charge in [0.25, 0.3) is 5.91 Å². The Morgan fingerprint density at radius 2 is 2.27 bits per heavy atom. The molecule has 1 aliphatic heterocycles. The summed E-state index contributed by atoms with van der Waals surface area (Å²) in [6, 6.07) is 3.47. The van der Waals surface area contributed by atoms with Crippen LogP contribution in [0.5, 0.6) is 0 Å². The van der Waals surface area contributed by atoms with Crippen LogP contribution < -0.4 is 0 Å². The van der Waals surface area contributed by atoms with E-state index in [1.165, 1.54) is 11.3 Å². The van der Waals surface area contributed by atoms with E-state index in [-0.39, 0.29) is 24.5 Å². The Morgan fingerprint density at radius 1 is 1.42 bits per heavy atom. The van der Waals surface area contributed by atoms with Gasteiger partial charge in [-0.05, 0) is 24.5 Å². The zero-order valence-electron chi connectivity index (χ0n) is 14.4. The molecule has 2 aliphatic rings. The van der Waals surface area contributed by atoms with Crippen molar-refractivity contribution < 1.29 is 14.3 Å². The number of morpholine rings is 1. The van der Waals surface area contributed by atoms with Crippen LogP contribution in [0.4, 0.5) is 0 Å². The summed E-state index contributed by atoms with van der Waals surface area (Å²) in [4.78, 5) is 37.5. The third-order valence-electron chi connectivity index (χ3n) is 4.70. The van der Waals surface area contributed by atoms with Gasteiger partial charge < -0.3 is 14.5 Å². The maximum atomic E-state index is 13.1. The standard InChI is InChI=1S/C18H20N4O3S/c1-21(10-14-20-7-8-26-14)18(24)17-16(12-3-2-6-19-9-12)22(13-4-5-13)15(23)11-25-17/h2-3,6-9,13,16-17H,4-5,10-11H2,1H3/t16-,17+/m1/s1. The molecule has 0 aromatic carbocycles. The molecular weight excluding hydrogens is 352 g/mol. The minimum atomic E-state index is -0.734. The van der Waals surface area contributed by atoms with Crippen LogP contribution in [-0.4, -0.2) is 57.4 Å². The highest BCUT2D eigenvalue weighted by Gasteiger charge is 2.48. The van der Waals surface area contributed by atoms with E-state index in [2.05, 4.69) is 9.97 Å².